The second-order valence-corrected chi connectivity index (χ2v) is 6.13. The van der Waals surface area contributed by atoms with Gasteiger partial charge in [-0.3, -0.25) is 9.78 Å². The number of piperidine rings is 1. The van der Waals surface area contributed by atoms with Crippen LogP contribution in [0.5, 0.6) is 5.75 Å². The second-order valence-electron chi connectivity index (χ2n) is 5.69. The number of aromatic nitrogens is 1. The maximum Gasteiger partial charge on any atom is 0.226 e. The highest BCUT2D eigenvalue weighted by Crippen LogP contribution is 2.19. The second kappa shape index (κ2) is 7.47. The number of rotatable bonds is 4. The summed E-state index contributed by atoms with van der Waals surface area (Å²) in [7, 11) is 0. The van der Waals surface area contributed by atoms with Crippen molar-refractivity contribution in [2.45, 2.75) is 25.4 Å². The highest BCUT2D eigenvalue weighted by molar-refractivity contribution is 6.30. The quantitative estimate of drug-likeness (QED) is 0.863. The molecule has 2 heterocycles. The van der Waals surface area contributed by atoms with Gasteiger partial charge in [0, 0.05) is 37.2 Å². The summed E-state index contributed by atoms with van der Waals surface area (Å²) in [5.74, 6) is 0.950. The molecule has 4 nitrogen and oxygen atoms in total. The smallest absolute Gasteiger partial charge is 0.226 e. The van der Waals surface area contributed by atoms with Gasteiger partial charge in [-0.05, 0) is 29.8 Å². The van der Waals surface area contributed by atoms with Crippen molar-refractivity contribution < 1.29 is 9.53 Å². The molecule has 0 N–H and O–H groups in total. The van der Waals surface area contributed by atoms with Gasteiger partial charge in [0.15, 0.2) is 0 Å². The van der Waals surface area contributed by atoms with Crippen LogP contribution in [0.25, 0.3) is 0 Å². The molecule has 1 amide bonds. The third-order valence-electron chi connectivity index (χ3n) is 4.00. The third-order valence-corrected chi connectivity index (χ3v) is 4.25. The molecule has 1 aromatic heterocycles. The van der Waals surface area contributed by atoms with Gasteiger partial charge in [0.2, 0.25) is 5.91 Å². The number of likely N-dealkylation sites (tertiary alicyclic amines) is 1. The van der Waals surface area contributed by atoms with Crippen LogP contribution in [0.4, 0.5) is 0 Å². The Morgan fingerprint density at radius 1 is 1.22 bits per heavy atom. The van der Waals surface area contributed by atoms with E-state index in [0.717, 1.165) is 37.2 Å². The Morgan fingerprint density at radius 3 is 2.61 bits per heavy atom. The van der Waals surface area contributed by atoms with Crippen LogP contribution in [0.3, 0.4) is 0 Å². The molecular formula is C18H19ClN2O2. The molecule has 3 rings (SSSR count). The monoisotopic (exact) mass is 330 g/mol. The zero-order valence-corrected chi connectivity index (χ0v) is 13.6. The van der Waals surface area contributed by atoms with E-state index in [1.165, 1.54) is 0 Å². The van der Waals surface area contributed by atoms with Crippen molar-refractivity contribution in [2.75, 3.05) is 13.1 Å². The maximum absolute atomic E-state index is 12.4. The number of pyridine rings is 1. The van der Waals surface area contributed by atoms with Crippen LogP contribution in [0, 0.1) is 0 Å². The molecule has 1 aromatic carbocycles. The van der Waals surface area contributed by atoms with E-state index in [0.29, 0.717) is 11.4 Å². The number of hydrogen-bond acceptors (Lipinski definition) is 3. The highest BCUT2D eigenvalue weighted by Gasteiger charge is 2.23. The van der Waals surface area contributed by atoms with Crippen molar-refractivity contribution in [2.24, 2.45) is 0 Å². The minimum atomic E-state index is 0.152. The molecule has 120 valence electrons. The van der Waals surface area contributed by atoms with E-state index in [-0.39, 0.29) is 12.0 Å². The van der Waals surface area contributed by atoms with Gasteiger partial charge >= 0.3 is 0 Å². The number of amides is 1. The van der Waals surface area contributed by atoms with Gasteiger partial charge in [-0.2, -0.15) is 0 Å². The van der Waals surface area contributed by atoms with Crippen molar-refractivity contribution >= 4 is 17.5 Å². The topological polar surface area (TPSA) is 42.4 Å². The van der Waals surface area contributed by atoms with Crippen molar-refractivity contribution in [3.63, 3.8) is 0 Å². The van der Waals surface area contributed by atoms with Crippen LogP contribution < -0.4 is 4.74 Å². The van der Waals surface area contributed by atoms with Crippen molar-refractivity contribution in [1.29, 1.82) is 0 Å². The van der Waals surface area contributed by atoms with E-state index in [9.17, 15) is 4.79 Å². The largest absolute Gasteiger partial charge is 0.489 e. The van der Waals surface area contributed by atoms with E-state index in [1.54, 1.807) is 12.4 Å². The summed E-state index contributed by atoms with van der Waals surface area (Å²) in [5.41, 5.74) is 0.994. The lowest BCUT2D eigenvalue weighted by molar-refractivity contribution is -0.132. The summed E-state index contributed by atoms with van der Waals surface area (Å²) >= 11 is 5.87. The van der Waals surface area contributed by atoms with Crippen molar-refractivity contribution in [3.8, 4) is 5.75 Å². The van der Waals surface area contributed by atoms with Crippen molar-refractivity contribution in [3.05, 3.63) is 59.4 Å². The average Bonchev–Trinajstić information content (AvgIpc) is 2.58. The van der Waals surface area contributed by atoms with Gasteiger partial charge < -0.3 is 9.64 Å². The summed E-state index contributed by atoms with van der Waals surface area (Å²) < 4.78 is 5.90. The number of benzene rings is 1. The molecule has 0 atom stereocenters. The predicted molar refractivity (Wildman–Crippen MR) is 89.6 cm³/mol. The van der Waals surface area contributed by atoms with Gasteiger partial charge in [0.1, 0.15) is 11.9 Å². The molecule has 0 spiro atoms. The Morgan fingerprint density at radius 2 is 1.96 bits per heavy atom. The maximum atomic E-state index is 12.4. The molecule has 0 unspecified atom stereocenters. The van der Waals surface area contributed by atoms with E-state index >= 15 is 0 Å². The minimum Gasteiger partial charge on any atom is -0.489 e. The molecule has 0 radical (unpaired) electrons. The van der Waals surface area contributed by atoms with E-state index in [4.69, 9.17) is 16.3 Å². The number of carbonyl (C=O) groups excluding carboxylic acids is 1. The van der Waals surface area contributed by atoms with Crippen LogP contribution in [0.15, 0.2) is 48.8 Å². The SMILES string of the molecule is O=C(Cc1ccc(Cl)cc1)N1CCC(Oc2cccnc2)CC1. The van der Waals surface area contributed by atoms with Crippen LogP contribution in [0.2, 0.25) is 5.02 Å². The van der Waals surface area contributed by atoms with Crippen LogP contribution in [-0.4, -0.2) is 35.0 Å². The number of hydrogen-bond donors (Lipinski definition) is 0. The van der Waals surface area contributed by atoms with Crippen LogP contribution in [0.1, 0.15) is 18.4 Å². The summed E-state index contributed by atoms with van der Waals surface area (Å²) in [6.07, 6.45) is 5.72. The molecule has 5 heteroatoms. The zero-order chi connectivity index (χ0) is 16.1. The molecule has 0 bridgehead atoms. The van der Waals surface area contributed by atoms with Gasteiger partial charge in [-0.15, -0.1) is 0 Å². The normalized spacial score (nSPS) is 15.4. The van der Waals surface area contributed by atoms with Gasteiger partial charge in [0.25, 0.3) is 0 Å². The van der Waals surface area contributed by atoms with E-state index in [1.807, 2.05) is 41.3 Å². The average molecular weight is 331 g/mol. The van der Waals surface area contributed by atoms with Gasteiger partial charge in [-0.25, -0.2) is 0 Å². The molecule has 23 heavy (non-hydrogen) atoms. The molecule has 1 saturated heterocycles. The number of carbonyl (C=O) groups is 1. The Hall–Kier alpha value is -2.07. The zero-order valence-electron chi connectivity index (χ0n) is 12.8. The van der Waals surface area contributed by atoms with E-state index < -0.39 is 0 Å². The third kappa shape index (κ3) is 4.45. The Bertz CT molecular complexity index is 638. The number of halogens is 1. The standard InChI is InChI=1S/C18H19ClN2O2/c19-15-5-3-14(4-6-15)12-18(22)21-10-7-16(8-11-21)23-17-2-1-9-20-13-17/h1-6,9,13,16H,7-8,10-12H2. The fourth-order valence-corrected chi connectivity index (χ4v) is 2.85. The summed E-state index contributed by atoms with van der Waals surface area (Å²) in [5, 5.41) is 0.689. The van der Waals surface area contributed by atoms with Crippen LogP contribution >= 0.6 is 11.6 Å². The molecule has 2 aromatic rings. The number of ether oxygens (including phenoxy) is 1. The fraction of sp³-hybridized carbons (Fsp3) is 0.333. The summed E-state index contributed by atoms with van der Waals surface area (Å²) in [6.45, 7) is 1.47. The Balaban J connectivity index is 1.48. The first-order valence-electron chi connectivity index (χ1n) is 7.79. The predicted octanol–water partition coefficient (Wildman–Crippen LogP) is 3.35. The molecular weight excluding hydrogens is 312 g/mol. The number of nitrogens with zero attached hydrogens (tertiary/aromatic N) is 2. The summed E-state index contributed by atoms with van der Waals surface area (Å²) in [4.78, 5) is 18.3. The van der Waals surface area contributed by atoms with Crippen LogP contribution in [-0.2, 0) is 11.2 Å². The Labute approximate surface area is 141 Å². The molecule has 1 aliphatic rings. The lowest BCUT2D eigenvalue weighted by Crippen LogP contribution is -2.42. The van der Waals surface area contributed by atoms with E-state index in [2.05, 4.69) is 4.98 Å². The molecule has 1 aliphatic heterocycles. The lowest BCUT2D eigenvalue weighted by atomic mass is 10.1. The van der Waals surface area contributed by atoms with Gasteiger partial charge in [-0.1, -0.05) is 23.7 Å². The lowest BCUT2D eigenvalue weighted by Gasteiger charge is -2.32. The molecule has 1 fully saturated rings. The first-order chi connectivity index (χ1) is 11.2. The van der Waals surface area contributed by atoms with Crippen molar-refractivity contribution in [1.82, 2.24) is 9.88 Å². The fourth-order valence-electron chi connectivity index (χ4n) is 2.72. The van der Waals surface area contributed by atoms with Gasteiger partial charge in [0.05, 0.1) is 12.6 Å². The minimum absolute atomic E-state index is 0.152. The highest BCUT2D eigenvalue weighted by atomic mass is 35.5. The molecule has 0 aliphatic carbocycles. The Kier molecular flexibility index (Phi) is 5.13. The molecule has 0 saturated carbocycles. The first-order valence-corrected chi connectivity index (χ1v) is 8.17. The summed E-state index contributed by atoms with van der Waals surface area (Å²) in [6, 6.07) is 11.2. The first kappa shape index (κ1) is 15.8.